The molecule has 0 radical (unpaired) electrons. The summed E-state index contributed by atoms with van der Waals surface area (Å²) in [5.41, 5.74) is 1.42. The second kappa shape index (κ2) is 5.37. The first kappa shape index (κ1) is 13.3. The minimum absolute atomic E-state index is 0.0346. The molecule has 2 aliphatic rings. The van der Waals surface area contributed by atoms with Crippen LogP contribution in [-0.4, -0.2) is 24.5 Å². The minimum Gasteiger partial charge on any atom is -0.348 e. The van der Waals surface area contributed by atoms with Crippen LogP contribution in [0.5, 0.6) is 0 Å². The Labute approximate surface area is 118 Å². The number of benzene rings is 1. The number of piperidine rings is 1. The maximum absolute atomic E-state index is 14.1. The van der Waals surface area contributed by atoms with Crippen LogP contribution in [0.3, 0.4) is 0 Å². The van der Waals surface area contributed by atoms with Gasteiger partial charge in [0.25, 0.3) is 0 Å². The summed E-state index contributed by atoms with van der Waals surface area (Å²) in [5.74, 6) is 0.290. The minimum atomic E-state index is -0.285. The molecule has 4 heteroatoms. The summed E-state index contributed by atoms with van der Waals surface area (Å²) >= 11 is 0. The molecule has 1 aromatic rings. The fraction of sp³-hybridized carbons (Fsp3) is 0.438. The summed E-state index contributed by atoms with van der Waals surface area (Å²) in [6.07, 6.45) is 2.07. The molecule has 1 aromatic carbocycles. The van der Waals surface area contributed by atoms with Gasteiger partial charge >= 0.3 is 0 Å². The molecular formula is C16H19FN2O. The van der Waals surface area contributed by atoms with Crippen LogP contribution in [0.2, 0.25) is 0 Å². The molecule has 3 rings (SSSR count). The molecule has 3 unspecified atom stereocenters. The van der Waals surface area contributed by atoms with Gasteiger partial charge in [-0.15, -0.1) is 0 Å². The Morgan fingerprint density at radius 3 is 2.75 bits per heavy atom. The number of allylic oxidation sites excluding steroid dienone is 1. The average Bonchev–Trinajstić information content (AvgIpc) is 3.10. The number of hydrogen-bond donors (Lipinski definition) is 2. The van der Waals surface area contributed by atoms with Crippen molar-refractivity contribution in [2.45, 2.75) is 31.8 Å². The Morgan fingerprint density at radius 1 is 1.35 bits per heavy atom. The third-order valence-electron chi connectivity index (χ3n) is 4.22. The van der Waals surface area contributed by atoms with Crippen molar-refractivity contribution in [2.75, 3.05) is 6.54 Å². The molecule has 0 aromatic heterocycles. The van der Waals surface area contributed by atoms with Crippen molar-refractivity contribution in [3.63, 3.8) is 0 Å². The van der Waals surface area contributed by atoms with E-state index in [2.05, 4.69) is 10.6 Å². The van der Waals surface area contributed by atoms with Crippen molar-refractivity contribution in [3.8, 4) is 0 Å². The molecule has 1 saturated heterocycles. The number of halogens is 1. The van der Waals surface area contributed by atoms with Gasteiger partial charge in [-0.05, 0) is 36.8 Å². The van der Waals surface area contributed by atoms with Gasteiger partial charge in [-0.2, -0.15) is 0 Å². The number of carbonyl (C=O) groups is 1. The molecule has 1 heterocycles. The highest BCUT2D eigenvalue weighted by atomic mass is 19.1. The van der Waals surface area contributed by atoms with E-state index in [0.717, 1.165) is 12.0 Å². The van der Waals surface area contributed by atoms with Crippen LogP contribution in [0.1, 0.15) is 25.3 Å². The summed E-state index contributed by atoms with van der Waals surface area (Å²) in [5, 5.41) is 5.94. The van der Waals surface area contributed by atoms with E-state index in [0.29, 0.717) is 17.5 Å². The van der Waals surface area contributed by atoms with Crippen LogP contribution >= 0.6 is 0 Å². The van der Waals surface area contributed by atoms with Crippen LogP contribution in [0.25, 0.3) is 5.57 Å². The molecule has 2 fully saturated rings. The average molecular weight is 274 g/mol. The van der Waals surface area contributed by atoms with E-state index in [-0.39, 0.29) is 24.3 Å². The van der Waals surface area contributed by atoms with Gasteiger partial charge in [0, 0.05) is 6.04 Å². The van der Waals surface area contributed by atoms with Crippen LogP contribution in [0, 0.1) is 5.92 Å². The van der Waals surface area contributed by atoms with Crippen molar-refractivity contribution >= 4 is 11.5 Å². The van der Waals surface area contributed by atoms with Crippen molar-refractivity contribution < 1.29 is 9.18 Å². The highest BCUT2D eigenvalue weighted by molar-refractivity contribution is 5.83. The Kier molecular flexibility index (Phi) is 3.57. The van der Waals surface area contributed by atoms with Gasteiger partial charge in [0.1, 0.15) is 5.83 Å². The fourth-order valence-corrected chi connectivity index (χ4v) is 2.79. The Morgan fingerprint density at radius 2 is 2.10 bits per heavy atom. The summed E-state index contributed by atoms with van der Waals surface area (Å²) in [6, 6.07) is 9.76. The highest BCUT2D eigenvalue weighted by Gasteiger charge is 2.47. The van der Waals surface area contributed by atoms with E-state index in [1.54, 1.807) is 6.92 Å². The molecule has 1 aliphatic carbocycles. The van der Waals surface area contributed by atoms with Crippen LogP contribution in [0.15, 0.2) is 36.2 Å². The lowest BCUT2D eigenvalue weighted by atomic mass is 10.1. The predicted molar refractivity (Wildman–Crippen MR) is 76.6 cm³/mol. The molecule has 2 N–H and O–H groups in total. The van der Waals surface area contributed by atoms with E-state index in [9.17, 15) is 9.18 Å². The normalized spacial score (nSPS) is 28.6. The van der Waals surface area contributed by atoms with Crippen molar-refractivity contribution in [1.82, 2.24) is 10.6 Å². The van der Waals surface area contributed by atoms with Gasteiger partial charge in [0.15, 0.2) is 0 Å². The standard InChI is InChI=1S/C16H19FN2O/c1-10(11-5-3-2-4-6-11)13(17)9-18-16(20)15-8-12-7-14(12)19-15/h2-6,12,14-15,19H,7-9H2,1H3,(H,18,20)/b13-10+. The van der Waals surface area contributed by atoms with Crippen LogP contribution < -0.4 is 10.6 Å². The smallest absolute Gasteiger partial charge is 0.237 e. The van der Waals surface area contributed by atoms with Gasteiger partial charge in [0.2, 0.25) is 5.91 Å². The molecule has 1 saturated carbocycles. The lowest BCUT2D eigenvalue weighted by molar-refractivity contribution is -0.122. The fourth-order valence-electron chi connectivity index (χ4n) is 2.79. The molecule has 0 spiro atoms. The maximum atomic E-state index is 14.1. The second-order valence-corrected chi connectivity index (χ2v) is 5.67. The largest absolute Gasteiger partial charge is 0.348 e. The first-order valence-corrected chi connectivity index (χ1v) is 7.09. The summed E-state index contributed by atoms with van der Waals surface area (Å²) in [6.45, 7) is 1.70. The van der Waals surface area contributed by atoms with Crippen molar-refractivity contribution in [3.05, 3.63) is 41.7 Å². The second-order valence-electron chi connectivity index (χ2n) is 5.67. The number of amides is 1. The lowest BCUT2D eigenvalue weighted by Gasteiger charge is -2.13. The topological polar surface area (TPSA) is 41.1 Å². The summed E-state index contributed by atoms with van der Waals surface area (Å²) in [7, 11) is 0. The van der Waals surface area contributed by atoms with E-state index in [4.69, 9.17) is 0 Å². The summed E-state index contributed by atoms with van der Waals surface area (Å²) in [4.78, 5) is 11.9. The quantitative estimate of drug-likeness (QED) is 0.884. The molecule has 1 aliphatic heterocycles. The predicted octanol–water partition coefficient (Wildman–Crippen LogP) is 2.25. The van der Waals surface area contributed by atoms with E-state index < -0.39 is 0 Å². The first-order chi connectivity index (χ1) is 9.65. The Balaban J connectivity index is 1.56. The SMILES string of the molecule is C/C(=C(\F)CNC(=O)C1CC2CC2N1)c1ccccc1. The molecule has 1 amide bonds. The lowest BCUT2D eigenvalue weighted by Crippen LogP contribution is -2.42. The number of nitrogens with one attached hydrogen (secondary N) is 2. The van der Waals surface area contributed by atoms with Crippen LogP contribution in [0.4, 0.5) is 4.39 Å². The van der Waals surface area contributed by atoms with Gasteiger partial charge in [0.05, 0.1) is 12.6 Å². The zero-order valence-electron chi connectivity index (χ0n) is 11.5. The van der Waals surface area contributed by atoms with E-state index >= 15 is 0 Å². The summed E-state index contributed by atoms with van der Waals surface area (Å²) < 4.78 is 14.1. The monoisotopic (exact) mass is 274 g/mol. The molecule has 0 bridgehead atoms. The highest BCUT2D eigenvalue weighted by Crippen LogP contribution is 2.40. The molecular weight excluding hydrogens is 255 g/mol. The Hall–Kier alpha value is -1.68. The number of hydrogen-bond acceptors (Lipinski definition) is 2. The van der Waals surface area contributed by atoms with Gasteiger partial charge in [-0.1, -0.05) is 30.3 Å². The zero-order chi connectivity index (χ0) is 14.1. The van der Waals surface area contributed by atoms with Gasteiger partial charge in [-0.25, -0.2) is 4.39 Å². The molecule has 3 nitrogen and oxygen atoms in total. The van der Waals surface area contributed by atoms with Crippen LogP contribution in [-0.2, 0) is 4.79 Å². The molecule has 106 valence electrons. The Bertz CT molecular complexity index is 531. The first-order valence-electron chi connectivity index (χ1n) is 7.09. The van der Waals surface area contributed by atoms with Gasteiger partial charge in [-0.3, -0.25) is 4.79 Å². The van der Waals surface area contributed by atoms with Crippen molar-refractivity contribution in [2.24, 2.45) is 5.92 Å². The van der Waals surface area contributed by atoms with Gasteiger partial charge < -0.3 is 10.6 Å². The molecule has 3 atom stereocenters. The number of carbonyl (C=O) groups excluding carboxylic acids is 1. The third-order valence-corrected chi connectivity index (χ3v) is 4.22. The van der Waals surface area contributed by atoms with E-state index in [1.165, 1.54) is 6.42 Å². The third kappa shape index (κ3) is 2.75. The maximum Gasteiger partial charge on any atom is 0.237 e. The van der Waals surface area contributed by atoms with Crippen molar-refractivity contribution in [1.29, 1.82) is 0 Å². The zero-order valence-corrected chi connectivity index (χ0v) is 11.5. The molecule has 20 heavy (non-hydrogen) atoms. The number of rotatable bonds is 4. The number of fused-ring (bicyclic) bond motifs is 1. The van der Waals surface area contributed by atoms with E-state index in [1.807, 2.05) is 30.3 Å².